The molecule has 7 nitrogen and oxygen atoms in total. The average Bonchev–Trinajstić information content (AvgIpc) is 3.13. The molecule has 30 heavy (non-hydrogen) atoms. The molecule has 2 aromatic heterocycles. The Morgan fingerprint density at radius 1 is 1.37 bits per heavy atom. The van der Waals surface area contributed by atoms with Gasteiger partial charge in [-0.3, -0.25) is 4.79 Å². The number of pyridine rings is 1. The number of anilines is 1. The lowest BCUT2D eigenvalue weighted by Crippen LogP contribution is -2.16. The molecular formula is C19H18BrClFN5O2S. The van der Waals surface area contributed by atoms with Gasteiger partial charge < -0.3 is 14.6 Å². The number of hydrogen-bond donors (Lipinski definition) is 1. The van der Waals surface area contributed by atoms with Crippen molar-refractivity contribution in [2.45, 2.75) is 31.7 Å². The highest BCUT2D eigenvalue weighted by Gasteiger charge is 2.20. The van der Waals surface area contributed by atoms with Crippen LogP contribution in [0, 0.1) is 5.82 Å². The molecule has 0 bridgehead atoms. The van der Waals surface area contributed by atoms with Gasteiger partial charge in [0.2, 0.25) is 5.91 Å². The predicted octanol–water partition coefficient (Wildman–Crippen LogP) is 5.12. The van der Waals surface area contributed by atoms with Crippen molar-refractivity contribution >= 4 is 51.0 Å². The van der Waals surface area contributed by atoms with Crippen LogP contribution in [0.25, 0.3) is 0 Å². The van der Waals surface area contributed by atoms with Crippen molar-refractivity contribution in [3.63, 3.8) is 0 Å². The number of thioether (sulfide) groups is 1. The van der Waals surface area contributed by atoms with E-state index in [9.17, 15) is 9.18 Å². The van der Waals surface area contributed by atoms with E-state index >= 15 is 0 Å². The van der Waals surface area contributed by atoms with Crippen LogP contribution in [0.2, 0.25) is 5.02 Å². The van der Waals surface area contributed by atoms with Gasteiger partial charge in [-0.05, 0) is 60.1 Å². The van der Waals surface area contributed by atoms with E-state index in [2.05, 4.69) is 36.4 Å². The van der Waals surface area contributed by atoms with Crippen molar-refractivity contribution in [3.8, 4) is 5.75 Å². The van der Waals surface area contributed by atoms with E-state index in [0.717, 1.165) is 4.47 Å². The smallest absolute Gasteiger partial charge is 0.236 e. The van der Waals surface area contributed by atoms with Crippen LogP contribution in [-0.2, 0) is 11.3 Å². The number of nitrogens with one attached hydrogen (secondary N) is 1. The summed E-state index contributed by atoms with van der Waals surface area (Å²) in [5, 5.41) is 11.9. The summed E-state index contributed by atoms with van der Waals surface area (Å²) in [5.41, 5.74) is 0. The van der Waals surface area contributed by atoms with Crippen LogP contribution in [0.1, 0.15) is 25.8 Å². The molecule has 1 atom stereocenters. The first-order chi connectivity index (χ1) is 14.4. The highest BCUT2D eigenvalue weighted by molar-refractivity contribution is 9.10. The fourth-order valence-corrected chi connectivity index (χ4v) is 3.83. The van der Waals surface area contributed by atoms with E-state index < -0.39 is 11.9 Å². The molecule has 0 saturated heterocycles. The van der Waals surface area contributed by atoms with E-state index in [1.807, 2.05) is 11.5 Å². The third kappa shape index (κ3) is 5.71. The lowest BCUT2D eigenvalue weighted by molar-refractivity contribution is -0.113. The minimum atomic E-state index is -0.476. The third-order valence-corrected chi connectivity index (χ3v) is 5.68. The lowest BCUT2D eigenvalue weighted by atomic mass is 10.3. The SMILES string of the molecule is CCn1c(SCC(=O)Nc2ccc(Br)cn2)nnc1C(C)Oc1ccc(F)cc1Cl. The number of carbonyl (C=O) groups excluding carboxylic acids is 1. The maximum Gasteiger partial charge on any atom is 0.236 e. The predicted molar refractivity (Wildman–Crippen MR) is 117 cm³/mol. The number of aromatic nitrogens is 4. The van der Waals surface area contributed by atoms with Crippen LogP contribution in [0.4, 0.5) is 10.2 Å². The number of carbonyl (C=O) groups is 1. The molecule has 1 N–H and O–H groups in total. The second-order valence-corrected chi connectivity index (χ2v) is 8.38. The Kier molecular flexibility index (Phi) is 7.68. The topological polar surface area (TPSA) is 81.9 Å². The zero-order valence-electron chi connectivity index (χ0n) is 16.1. The van der Waals surface area contributed by atoms with Gasteiger partial charge in [0.05, 0.1) is 10.8 Å². The fourth-order valence-electron chi connectivity index (χ4n) is 2.58. The highest BCUT2D eigenvalue weighted by atomic mass is 79.9. The van der Waals surface area contributed by atoms with Crippen molar-refractivity contribution in [1.82, 2.24) is 19.7 Å². The Morgan fingerprint density at radius 3 is 2.83 bits per heavy atom. The molecule has 1 unspecified atom stereocenters. The maximum absolute atomic E-state index is 13.2. The first-order valence-corrected chi connectivity index (χ1v) is 11.1. The summed E-state index contributed by atoms with van der Waals surface area (Å²) in [6.07, 6.45) is 1.13. The van der Waals surface area contributed by atoms with Crippen molar-refractivity contribution in [2.75, 3.05) is 11.1 Å². The molecule has 0 spiro atoms. The van der Waals surface area contributed by atoms with E-state index in [0.29, 0.717) is 29.1 Å². The summed E-state index contributed by atoms with van der Waals surface area (Å²) in [5.74, 6) is 0.910. The van der Waals surface area contributed by atoms with Gasteiger partial charge in [-0.25, -0.2) is 9.37 Å². The highest BCUT2D eigenvalue weighted by Crippen LogP contribution is 2.30. The van der Waals surface area contributed by atoms with Gasteiger partial charge in [-0.15, -0.1) is 10.2 Å². The first-order valence-electron chi connectivity index (χ1n) is 8.96. The van der Waals surface area contributed by atoms with Crippen molar-refractivity contribution in [1.29, 1.82) is 0 Å². The Balaban J connectivity index is 1.64. The second-order valence-electron chi connectivity index (χ2n) is 6.12. The monoisotopic (exact) mass is 513 g/mol. The third-order valence-electron chi connectivity index (χ3n) is 3.95. The molecule has 0 aliphatic rings. The van der Waals surface area contributed by atoms with Crippen molar-refractivity contribution in [3.05, 3.63) is 57.7 Å². The molecule has 11 heteroatoms. The molecule has 0 aliphatic carbocycles. The minimum absolute atomic E-state index is 0.148. The summed E-state index contributed by atoms with van der Waals surface area (Å²) in [7, 11) is 0. The summed E-state index contributed by atoms with van der Waals surface area (Å²) in [6, 6.07) is 7.44. The molecule has 3 rings (SSSR count). The Hall–Kier alpha value is -2.17. The van der Waals surface area contributed by atoms with Crippen LogP contribution in [0.3, 0.4) is 0 Å². The van der Waals surface area contributed by atoms with Crippen LogP contribution in [0.15, 0.2) is 46.2 Å². The van der Waals surface area contributed by atoms with Gasteiger partial charge >= 0.3 is 0 Å². The van der Waals surface area contributed by atoms with Crippen LogP contribution >= 0.6 is 39.3 Å². The fraction of sp³-hybridized carbons (Fsp3) is 0.263. The largest absolute Gasteiger partial charge is 0.481 e. The molecule has 2 heterocycles. The summed E-state index contributed by atoms with van der Waals surface area (Å²) >= 11 is 10.6. The average molecular weight is 515 g/mol. The number of amides is 1. The zero-order valence-corrected chi connectivity index (χ0v) is 19.3. The Morgan fingerprint density at radius 2 is 2.17 bits per heavy atom. The molecule has 1 aromatic carbocycles. The molecule has 0 saturated carbocycles. The standard InChI is InChI=1S/C19H18BrClFN5O2S/c1-3-27-18(11(2)29-15-6-5-13(22)8-14(15)21)25-26-19(27)30-10-17(28)24-16-7-4-12(20)9-23-16/h4-9,11H,3,10H2,1-2H3,(H,23,24,28). The summed E-state index contributed by atoms with van der Waals surface area (Å²) in [6.45, 7) is 4.34. The van der Waals surface area contributed by atoms with Gasteiger partial charge in [0.25, 0.3) is 0 Å². The minimum Gasteiger partial charge on any atom is -0.481 e. The van der Waals surface area contributed by atoms with Gasteiger partial charge in [-0.2, -0.15) is 0 Å². The molecule has 0 fully saturated rings. The van der Waals surface area contributed by atoms with E-state index in [4.69, 9.17) is 16.3 Å². The van der Waals surface area contributed by atoms with E-state index in [1.165, 1.54) is 30.0 Å². The van der Waals surface area contributed by atoms with Gasteiger partial charge in [0.1, 0.15) is 17.4 Å². The summed E-state index contributed by atoms with van der Waals surface area (Å²) in [4.78, 5) is 16.3. The number of halogens is 3. The van der Waals surface area contributed by atoms with Crippen LogP contribution in [0.5, 0.6) is 5.75 Å². The normalized spacial score (nSPS) is 11.9. The Bertz CT molecular complexity index is 1030. The van der Waals surface area contributed by atoms with E-state index in [1.54, 1.807) is 25.3 Å². The lowest BCUT2D eigenvalue weighted by Gasteiger charge is -2.16. The second kappa shape index (κ2) is 10.2. The maximum atomic E-state index is 13.2. The van der Waals surface area contributed by atoms with Gasteiger partial charge in [-0.1, -0.05) is 23.4 Å². The number of benzene rings is 1. The quantitative estimate of drug-likeness (QED) is 0.420. The molecule has 3 aromatic rings. The molecule has 0 aliphatic heterocycles. The number of hydrogen-bond acceptors (Lipinski definition) is 6. The Labute approximate surface area is 190 Å². The van der Waals surface area contributed by atoms with Gasteiger partial charge in [0, 0.05) is 17.2 Å². The van der Waals surface area contributed by atoms with Crippen LogP contribution < -0.4 is 10.1 Å². The number of nitrogens with zero attached hydrogens (tertiary/aromatic N) is 4. The molecule has 158 valence electrons. The van der Waals surface area contributed by atoms with E-state index in [-0.39, 0.29) is 16.7 Å². The molecule has 0 radical (unpaired) electrons. The van der Waals surface area contributed by atoms with Crippen molar-refractivity contribution < 1.29 is 13.9 Å². The summed E-state index contributed by atoms with van der Waals surface area (Å²) < 4.78 is 21.8. The molecule has 1 amide bonds. The van der Waals surface area contributed by atoms with Gasteiger partial charge in [0.15, 0.2) is 17.1 Å². The van der Waals surface area contributed by atoms with Crippen molar-refractivity contribution in [2.24, 2.45) is 0 Å². The molecular weight excluding hydrogens is 497 g/mol. The van der Waals surface area contributed by atoms with Crippen LogP contribution in [-0.4, -0.2) is 31.4 Å². The number of rotatable bonds is 8. The number of ether oxygens (including phenoxy) is 1. The first kappa shape index (κ1) is 22.5. The zero-order chi connectivity index (χ0) is 21.7.